The maximum absolute atomic E-state index is 12.3. The molecular weight excluding hydrogens is 349 g/mol. The van der Waals surface area contributed by atoms with E-state index in [0.717, 1.165) is 0 Å². The molecule has 1 fully saturated rings. The minimum Gasteiger partial charge on any atom is -0.347 e. The third-order valence-corrected chi connectivity index (χ3v) is 4.27. The van der Waals surface area contributed by atoms with Crippen LogP contribution in [0.5, 0.6) is 0 Å². The van der Waals surface area contributed by atoms with E-state index in [0.29, 0.717) is 31.5 Å². The molecular formula is C16H19F3N6O. The van der Waals surface area contributed by atoms with E-state index in [4.69, 9.17) is 0 Å². The lowest BCUT2D eigenvalue weighted by atomic mass is 9.91. The van der Waals surface area contributed by atoms with Crippen molar-refractivity contribution in [1.29, 1.82) is 0 Å². The number of nitrogens with one attached hydrogen (secondary N) is 2. The Labute approximate surface area is 148 Å². The molecule has 7 nitrogen and oxygen atoms in total. The monoisotopic (exact) mass is 368 g/mol. The van der Waals surface area contributed by atoms with E-state index >= 15 is 0 Å². The summed E-state index contributed by atoms with van der Waals surface area (Å²) < 4.78 is 38.4. The summed E-state index contributed by atoms with van der Waals surface area (Å²) >= 11 is 0. The predicted octanol–water partition coefficient (Wildman–Crippen LogP) is 1.86. The van der Waals surface area contributed by atoms with E-state index in [1.54, 1.807) is 29.4 Å². The molecule has 0 saturated heterocycles. The van der Waals surface area contributed by atoms with Gasteiger partial charge in [0, 0.05) is 30.7 Å². The maximum atomic E-state index is 12.3. The van der Waals surface area contributed by atoms with Gasteiger partial charge in [0.05, 0.1) is 6.54 Å². The predicted molar refractivity (Wildman–Crippen MR) is 86.7 cm³/mol. The largest absolute Gasteiger partial charge is 0.401 e. The standard InChI is InChI=1S/C16H19F3N6O/c17-16(18,19)9-22-11-1-3-12(4-2-11)23-15(26)14-21-6-5-13(24-14)25-8-7-20-10-25/h5-8,10-12,22H,1-4,9H2,(H,23,26). The second-order valence-corrected chi connectivity index (χ2v) is 6.23. The number of rotatable bonds is 5. The first-order chi connectivity index (χ1) is 12.4. The lowest BCUT2D eigenvalue weighted by Gasteiger charge is -2.29. The van der Waals surface area contributed by atoms with Crippen LogP contribution in [0.25, 0.3) is 5.82 Å². The molecule has 1 saturated carbocycles. The number of halogens is 3. The second kappa shape index (κ2) is 7.81. The van der Waals surface area contributed by atoms with Crippen molar-refractivity contribution < 1.29 is 18.0 Å². The van der Waals surface area contributed by atoms with Gasteiger partial charge in [0.2, 0.25) is 5.82 Å². The Morgan fingerprint density at radius 3 is 2.58 bits per heavy atom. The molecule has 1 aliphatic carbocycles. The molecule has 0 unspecified atom stereocenters. The van der Waals surface area contributed by atoms with Crippen LogP contribution in [0.1, 0.15) is 36.3 Å². The first-order valence-electron chi connectivity index (χ1n) is 8.33. The third kappa shape index (κ3) is 5.01. The SMILES string of the molecule is O=C(NC1CCC(NCC(F)(F)F)CC1)c1nccc(-n2ccnc2)n1. The number of hydrogen-bond donors (Lipinski definition) is 2. The van der Waals surface area contributed by atoms with Crippen molar-refractivity contribution >= 4 is 5.91 Å². The number of hydrogen-bond acceptors (Lipinski definition) is 5. The fourth-order valence-corrected chi connectivity index (χ4v) is 2.95. The van der Waals surface area contributed by atoms with Crippen molar-refractivity contribution in [1.82, 2.24) is 30.2 Å². The highest BCUT2D eigenvalue weighted by Gasteiger charge is 2.30. The zero-order valence-electron chi connectivity index (χ0n) is 13.9. The van der Waals surface area contributed by atoms with Crippen molar-refractivity contribution in [2.75, 3.05) is 6.54 Å². The summed E-state index contributed by atoms with van der Waals surface area (Å²) in [6, 6.07) is 1.40. The summed E-state index contributed by atoms with van der Waals surface area (Å²) in [5.74, 6) is 0.190. The van der Waals surface area contributed by atoms with Gasteiger partial charge in [0.15, 0.2) is 0 Å². The fourth-order valence-electron chi connectivity index (χ4n) is 2.95. The molecule has 2 N–H and O–H groups in total. The van der Waals surface area contributed by atoms with Crippen LogP contribution in [0, 0.1) is 0 Å². The molecule has 10 heteroatoms. The molecule has 140 valence electrons. The summed E-state index contributed by atoms with van der Waals surface area (Å²) in [4.78, 5) is 24.5. The molecule has 2 heterocycles. The van der Waals surface area contributed by atoms with Crippen LogP contribution in [0.4, 0.5) is 13.2 Å². The second-order valence-electron chi connectivity index (χ2n) is 6.23. The van der Waals surface area contributed by atoms with Crippen molar-refractivity contribution in [2.45, 2.75) is 43.9 Å². The van der Waals surface area contributed by atoms with E-state index in [2.05, 4.69) is 25.6 Å². The number of aromatic nitrogens is 4. The van der Waals surface area contributed by atoms with Gasteiger partial charge >= 0.3 is 6.18 Å². The minimum absolute atomic E-state index is 0.0496. The molecule has 0 radical (unpaired) electrons. The van der Waals surface area contributed by atoms with Crippen LogP contribution in [0.3, 0.4) is 0 Å². The van der Waals surface area contributed by atoms with Gasteiger partial charge in [0.25, 0.3) is 5.91 Å². The normalized spacial score (nSPS) is 20.7. The Balaban J connectivity index is 1.51. The van der Waals surface area contributed by atoms with Crippen LogP contribution < -0.4 is 10.6 Å². The Morgan fingerprint density at radius 1 is 1.19 bits per heavy atom. The highest BCUT2D eigenvalue weighted by molar-refractivity contribution is 5.90. The summed E-state index contributed by atoms with van der Waals surface area (Å²) in [5.41, 5.74) is 0. The van der Waals surface area contributed by atoms with Crippen molar-refractivity contribution in [3.63, 3.8) is 0 Å². The molecule has 1 aliphatic rings. The average Bonchev–Trinajstić information content (AvgIpc) is 3.15. The first kappa shape index (κ1) is 18.3. The number of nitrogens with zero attached hydrogens (tertiary/aromatic N) is 4. The topological polar surface area (TPSA) is 84.7 Å². The van der Waals surface area contributed by atoms with E-state index in [1.807, 2.05) is 0 Å². The molecule has 2 aromatic rings. The number of amides is 1. The van der Waals surface area contributed by atoms with Gasteiger partial charge in [-0.3, -0.25) is 9.36 Å². The van der Waals surface area contributed by atoms with Gasteiger partial charge in [-0.15, -0.1) is 0 Å². The zero-order valence-corrected chi connectivity index (χ0v) is 13.9. The lowest BCUT2D eigenvalue weighted by Crippen LogP contribution is -2.44. The highest BCUT2D eigenvalue weighted by Crippen LogP contribution is 2.21. The van der Waals surface area contributed by atoms with Gasteiger partial charge in [0.1, 0.15) is 12.1 Å². The number of imidazole rings is 1. The quantitative estimate of drug-likeness (QED) is 0.842. The molecule has 1 amide bonds. The molecule has 0 aliphatic heterocycles. The van der Waals surface area contributed by atoms with E-state index in [9.17, 15) is 18.0 Å². The van der Waals surface area contributed by atoms with E-state index < -0.39 is 18.6 Å². The zero-order chi connectivity index (χ0) is 18.6. The lowest BCUT2D eigenvalue weighted by molar-refractivity contribution is -0.126. The van der Waals surface area contributed by atoms with Gasteiger partial charge in [-0.2, -0.15) is 13.2 Å². The minimum atomic E-state index is -4.21. The molecule has 0 bridgehead atoms. The molecule has 0 aromatic carbocycles. The smallest absolute Gasteiger partial charge is 0.347 e. The highest BCUT2D eigenvalue weighted by atomic mass is 19.4. The van der Waals surface area contributed by atoms with Crippen LogP contribution in [0.15, 0.2) is 31.0 Å². The van der Waals surface area contributed by atoms with Crippen LogP contribution >= 0.6 is 0 Å². The summed E-state index contributed by atoms with van der Waals surface area (Å²) in [6.45, 7) is -0.983. The third-order valence-electron chi connectivity index (χ3n) is 4.27. The van der Waals surface area contributed by atoms with Crippen molar-refractivity contribution in [2.24, 2.45) is 0 Å². The average molecular weight is 368 g/mol. The van der Waals surface area contributed by atoms with Crippen LogP contribution in [0.2, 0.25) is 0 Å². The van der Waals surface area contributed by atoms with Gasteiger partial charge in [-0.25, -0.2) is 15.0 Å². The number of carbonyl (C=O) groups excluding carboxylic acids is 1. The van der Waals surface area contributed by atoms with Crippen LogP contribution in [-0.2, 0) is 0 Å². The van der Waals surface area contributed by atoms with Crippen molar-refractivity contribution in [3.05, 3.63) is 36.8 Å². The Hall–Kier alpha value is -2.49. The Morgan fingerprint density at radius 2 is 1.92 bits per heavy atom. The maximum Gasteiger partial charge on any atom is 0.401 e. The molecule has 3 rings (SSSR count). The van der Waals surface area contributed by atoms with E-state index in [-0.39, 0.29) is 17.9 Å². The Kier molecular flexibility index (Phi) is 5.50. The molecule has 2 aromatic heterocycles. The fraction of sp³-hybridized carbons (Fsp3) is 0.500. The molecule has 26 heavy (non-hydrogen) atoms. The van der Waals surface area contributed by atoms with Gasteiger partial charge in [-0.1, -0.05) is 0 Å². The summed E-state index contributed by atoms with van der Waals surface area (Å²) in [5, 5.41) is 5.38. The first-order valence-corrected chi connectivity index (χ1v) is 8.33. The summed E-state index contributed by atoms with van der Waals surface area (Å²) in [6.07, 6.45) is 4.56. The number of alkyl halides is 3. The molecule has 0 spiro atoms. The van der Waals surface area contributed by atoms with Crippen LogP contribution in [-0.4, -0.2) is 50.2 Å². The van der Waals surface area contributed by atoms with E-state index in [1.165, 1.54) is 6.20 Å². The van der Waals surface area contributed by atoms with Crippen molar-refractivity contribution in [3.8, 4) is 5.82 Å². The Bertz CT molecular complexity index is 726. The molecule has 0 atom stereocenters. The van der Waals surface area contributed by atoms with Gasteiger partial charge in [-0.05, 0) is 31.7 Å². The number of carbonyl (C=O) groups is 1. The summed E-state index contributed by atoms with van der Waals surface area (Å²) in [7, 11) is 0. The van der Waals surface area contributed by atoms with Gasteiger partial charge < -0.3 is 10.6 Å².